The van der Waals surface area contributed by atoms with E-state index in [4.69, 9.17) is 4.42 Å². The van der Waals surface area contributed by atoms with Crippen molar-refractivity contribution in [3.63, 3.8) is 0 Å². The van der Waals surface area contributed by atoms with Crippen LogP contribution in [0.3, 0.4) is 0 Å². The summed E-state index contributed by atoms with van der Waals surface area (Å²) >= 11 is 0. The first-order valence-electron chi connectivity index (χ1n) is 7.32. The lowest BCUT2D eigenvalue weighted by Gasteiger charge is -2.15. The number of carbonyl (C=O) groups excluding carboxylic acids is 1. The molecule has 0 spiro atoms. The minimum atomic E-state index is -0.282. The maximum atomic E-state index is 12.1. The molecule has 2 rings (SSSR count). The van der Waals surface area contributed by atoms with Crippen LogP contribution in [-0.4, -0.2) is 34.1 Å². The number of aromatic nitrogens is 2. The Kier molecular flexibility index (Phi) is 5.16. The van der Waals surface area contributed by atoms with E-state index in [1.165, 1.54) is 0 Å². The second-order valence-corrected chi connectivity index (χ2v) is 4.81. The Morgan fingerprint density at radius 2 is 2.10 bits per heavy atom. The molecule has 0 fully saturated rings. The summed E-state index contributed by atoms with van der Waals surface area (Å²) < 4.78 is 5.59. The first kappa shape index (κ1) is 15.3. The molecule has 21 heavy (non-hydrogen) atoms. The smallest absolute Gasteiger partial charge is 0.292 e. The van der Waals surface area contributed by atoms with Gasteiger partial charge in [-0.25, -0.2) is 0 Å². The van der Waals surface area contributed by atoms with Crippen molar-refractivity contribution in [3.05, 3.63) is 35.4 Å². The van der Waals surface area contributed by atoms with Crippen LogP contribution >= 0.6 is 0 Å². The fourth-order valence-electron chi connectivity index (χ4n) is 2.04. The summed E-state index contributed by atoms with van der Waals surface area (Å²) in [7, 11) is 0. The van der Waals surface area contributed by atoms with Crippen molar-refractivity contribution in [2.75, 3.05) is 18.4 Å². The topological polar surface area (TPSA) is 74.2 Å². The number of anilines is 1. The van der Waals surface area contributed by atoms with Crippen LogP contribution in [0.1, 0.15) is 42.8 Å². The molecule has 2 heterocycles. The minimum absolute atomic E-state index is 0.282. The van der Waals surface area contributed by atoms with Crippen LogP contribution in [-0.2, 0) is 13.0 Å². The third-order valence-electron chi connectivity index (χ3n) is 3.41. The molecule has 114 valence electrons. The zero-order valence-corrected chi connectivity index (χ0v) is 12.8. The van der Waals surface area contributed by atoms with Gasteiger partial charge in [-0.1, -0.05) is 20.8 Å². The molecule has 0 aromatic carbocycles. The Hall–Kier alpha value is -2.08. The second kappa shape index (κ2) is 7.08. The van der Waals surface area contributed by atoms with E-state index in [0.29, 0.717) is 18.1 Å². The second-order valence-electron chi connectivity index (χ2n) is 4.81. The molecule has 2 aromatic rings. The van der Waals surface area contributed by atoms with E-state index in [1.54, 1.807) is 6.07 Å². The van der Waals surface area contributed by atoms with Gasteiger partial charge in [-0.15, -0.1) is 0 Å². The van der Waals surface area contributed by atoms with Gasteiger partial charge >= 0.3 is 0 Å². The van der Waals surface area contributed by atoms with E-state index >= 15 is 0 Å². The number of aromatic amines is 1. The van der Waals surface area contributed by atoms with E-state index in [0.717, 1.165) is 31.0 Å². The molecule has 2 aromatic heterocycles. The number of amides is 1. The summed E-state index contributed by atoms with van der Waals surface area (Å²) in [6.45, 7) is 8.83. The lowest BCUT2D eigenvalue weighted by molar-refractivity contribution is 0.0992. The molecular formula is C15H22N4O2. The van der Waals surface area contributed by atoms with Gasteiger partial charge < -0.3 is 9.73 Å². The van der Waals surface area contributed by atoms with E-state index in [1.807, 2.05) is 19.1 Å². The number of H-pyrrole nitrogens is 1. The van der Waals surface area contributed by atoms with Gasteiger partial charge in [0.05, 0.1) is 6.54 Å². The lowest BCUT2D eigenvalue weighted by atomic mass is 10.3. The highest BCUT2D eigenvalue weighted by atomic mass is 16.4. The highest BCUT2D eigenvalue weighted by Crippen LogP contribution is 2.13. The van der Waals surface area contributed by atoms with Gasteiger partial charge in [0.25, 0.3) is 5.91 Å². The van der Waals surface area contributed by atoms with Crippen molar-refractivity contribution in [2.45, 2.75) is 33.7 Å². The van der Waals surface area contributed by atoms with Crippen LogP contribution in [0.4, 0.5) is 5.82 Å². The number of hydrogen-bond donors (Lipinski definition) is 2. The summed E-state index contributed by atoms with van der Waals surface area (Å²) in [5, 5.41) is 9.60. The zero-order chi connectivity index (χ0) is 15.2. The molecule has 1 amide bonds. The molecule has 0 radical (unpaired) electrons. The number of hydrogen-bond acceptors (Lipinski definition) is 4. The number of aryl methyl sites for hydroxylation is 1. The largest absolute Gasteiger partial charge is 0.455 e. The summed E-state index contributed by atoms with van der Waals surface area (Å²) in [5.41, 5.74) is 0.979. The molecule has 2 N–H and O–H groups in total. The monoisotopic (exact) mass is 290 g/mol. The summed E-state index contributed by atoms with van der Waals surface area (Å²) in [5.74, 6) is 1.33. The summed E-state index contributed by atoms with van der Waals surface area (Å²) in [4.78, 5) is 14.3. The fraction of sp³-hybridized carbons (Fsp3) is 0.467. The Morgan fingerprint density at radius 3 is 2.71 bits per heavy atom. The average Bonchev–Trinajstić information content (AvgIpc) is 3.13. The summed E-state index contributed by atoms with van der Waals surface area (Å²) in [6, 6.07) is 5.36. The molecule has 0 atom stereocenters. The molecule has 0 saturated heterocycles. The van der Waals surface area contributed by atoms with Gasteiger partial charge in [0, 0.05) is 11.8 Å². The van der Waals surface area contributed by atoms with Crippen LogP contribution in [0.15, 0.2) is 22.6 Å². The van der Waals surface area contributed by atoms with Gasteiger partial charge in [-0.3, -0.25) is 14.8 Å². The van der Waals surface area contributed by atoms with Crippen molar-refractivity contribution in [1.29, 1.82) is 0 Å². The van der Waals surface area contributed by atoms with Crippen LogP contribution in [0.25, 0.3) is 0 Å². The van der Waals surface area contributed by atoms with Crippen LogP contribution in [0.2, 0.25) is 0 Å². The summed E-state index contributed by atoms with van der Waals surface area (Å²) in [6.07, 6.45) is 0.845. The molecule has 0 saturated carbocycles. The van der Waals surface area contributed by atoms with Crippen molar-refractivity contribution in [3.8, 4) is 0 Å². The molecule has 6 nitrogen and oxygen atoms in total. The first-order valence-corrected chi connectivity index (χ1v) is 7.32. The third kappa shape index (κ3) is 3.95. The standard InChI is InChI=1S/C15H22N4O2/c1-4-11-9-14(18-17-11)16-15(20)13-8-7-12(21-13)10-19(5-2)6-3/h7-9H,4-6,10H2,1-3H3,(H2,16,17,18,20). The predicted octanol–water partition coefficient (Wildman–Crippen LogP) is 2.66. The molecule has 0 aliphatic rings. The van der Waals surface area contributed by atoms with Gasteiger partial charge in [-0.05, 0) is 31.6 Å². The maximum Gasteiger partial charge on any atom is 0.292 e. The molecule has 0 aliphatic carbocycles. The predicted molar refractivity (Wildman–Crippen MR) is 81.3 cm³/mol. The van der Waals surface area contributed by atoms with Gasteiger partial charge in [0.1, 0.15) is 5.76 Å². The van der Waals surface area contributed by atoms with Crippen LogP contribution < -0.4 is 5.32 Å². The highest BCUT2D eigenvalue weighted by Gasteiger charge is 2.14. The number of carbonyl (C=O) groups is 1. The Bertz CT molecular complexity index is 584. The number of furan rings is 1. The number of rotatable bonds is 7. The average molecular weight is 290 g/mol. The van der Waals surface area contributed by atoms with Crippen LogP contribution in [0.5, 0.6) is 0 Å². The van der Waals surface area contributed by atoms with E-state index in [9.17, 15) is 4.79 Å². The fourth-order valence-corrected chi connectivity index (χ4v) is 2.04. The Balaban J connectivity index is 1.98. The lowest BCUT2D eigenvalue weighted by Crippen LogP contribution is -2.21. The number of nitrogens with one attached hydrogen (secondary N) is 2. The quantitative estimate of drug-likeness (QED) is 0.822. The van der Waals surface area contributed by atoms with E-state index in [2.05, 4.69) is 34.3 Å². The normalized spacial score (nSPS) is 11.0. The Morgan fingerprint density at radius 1 is 1.33 bits per heavy atom. The minimum Gasteiger partial charge on any atom is -0.455 e. The zero-order valence-electron chi connectivity index (χ0n) is 12.8. The van der Waals surface area contributed by atoms with Gasteiger partial charge in [0.15, 0.2) is 11.6 Å². The molecule has 0 bridgehead atoms. The maximum absolute atomic E-state index is 12.1. The highest BCUT2D eigenvalue weighted by molar-refractivity contribution is 6.01. The Labute approximate surface area is 124 Å². The van der Waals surface area contributed by atoms with Gasteiger partial charge in [0.2, 0.25) is 0 Å². The van der Waals surface area contributed by atoms with Crippen molar-refractivity contribution < 1.29 is 9.21 Å². The van der Waals surface area contributed by atoms with E-state index < -0.39 is 0 Å². The molecule has 6 heteroatoms. The van der Waals surface area contributed by atoms with Crippen molar-refractivity contribution in [2.24, 2.45) is 0 Å². The number of nitrogens with zero attached hydrogens (tertiary/aromatic N) is 2. The van der Waals surface area contributed by atoms with Crippen LogP contribution in [0, 0.1) is 0 Å². The van der Waals surface area contributed by atoms with Crippen molar-refractivity contribution in [1.82, 2.24) is 15.1 Å². The third-order valence-corrected chi connectivity index (χ3v) is 3.41. The van der Waals surface area contributed by atoms with Crippen molar-refractivity contribution >= 4 is 11.7 Å². The molecular weight excluding hydrogens is 268 g/mol. The SMILES string of the molecule is CCc1cc(NC(=O)c2ccc(CN(CC)CC)o2)n[nH]1. The molecule has 0 aliphatic heterocycles. The molecule has 0 unspecified atom stereocenters. The van der Waals surface area contributed by atoms with E-state index in [-0.39, 0.29) is 5.91 Å². The first-order chi connectivity index (χ1) is 10.2. The van der Waals surface area contributed by atoms with Gasteiger partial charge in [-0.2, -0.15) is 5.10 Å².